The van der Waals surface area contributed by atoms with E-state index in [0.717, 1.165) is 38.5 Å². The predicted octanol–water partition coefficient (Wildman–Crippen LogP) is 2.62. The van der Waals surface area contributed by atoms with Gasteiger partial charge in [0.1, 0.15) is 18.3 Å². The van der Waals surface area contributed by atoms with Crippen LogP contribution < -0.4 is 0 Å². The van der Waals surface area contributed by atoms with Crippen LogP contribution in [0.3, 0.4) is 0 Å². The average molecular weight is 565 g/mol. The molecule has 0 aromatic rings. The van der Waals surface area contributed by atoms with Crippen LogP contribution >= 0.6 is 0 Å². The van der Waals surface area contributed by atoms with Crippen LogP contribution in [0.5, 0.6) is 0 Å². The summed E-state index contributed by atoms with van der Waals surface area (Å²) in [5.41, 5.74) is 0.147. The molecule has 8 nitrogen and oxygen atoms in total. The Kier molecular flexibility index (Phi) is 6.31. The Bertz CT molecular complexity index is 1020. The van der Waals surface area contributed by atoms with Gasteiger partial charge in [-0.05, 0) is 96.7 Å². The first-order chi connectivity index (χ1) is 18.8. The van der Waals surface area contributed by atoms with Gasteiger partial charge in [-0.25, -0.2) is 0 Å². The number of fused-ring (bicyclic) bond motifs is 4. The molecule has 7 aliphatic rings. The second kappa shape index (κ2) is 8.87. The third-order valence-electron chi connectivity index (χ3n) is 14.8. The fraction of sp³-hybridized carbons (Fsp3) is 1.00. The molecule has 5 N–H and O–H groups in total. The normalized spacial score (nSPS) is 62.0. The van der Waals surface area contributed by atoms with Gasteiger partial charge >= 0.3 is 0 Å². The Balaban J connectivity index is 1.16. The predicted molar refractivity (Wildman–Crippen MR) is 146 cm³/mol. The summed E-state index contributed by atoms with van der Waals surface area (Å²) < 4.78 is 18.5. The highest BCUT2D eigenvalue weighted by Crippen LogP contribution is 2.89. The molecule has 40 heavy (non-hydrogen) atoms. The van der Waals surface area contributed by atoms with Gasteiger partial charge in [0.15, 0.2) is 6.29 Å². The van der Waals surface area contributed by atoms with Crippen molar-refractivity contribution in [3.05, 3.63) is 0 Å². The van der Waals surface area contributed by atoms with E-state index in [4.69, 9.17) is 14.2 Å². The van der Waals surface area contributed by atoms with E-state index >= 15 is 0 Å². The summed E-state index contributed by atoms with van der Waals surface area (Å²) in [5, 5.41) is 52.7. The van der Waals surface area contributed by atoms with Gasteiger partial charge in [0.2, 0.25) is 0 Å². The maximum absolute atomic E-state index is 12.1. The molecule has 7 fully saturated rings. The van der Waals surface area contributed by atoms with Gasteiger partial charge in [-0.15, -0.1) is 0 Å². The van der Waals surface area contributed by atoms with Crippen molar-refractivity contribution in [2.45, 2.75) is 135 Å². The van der Waals surface area contributed by atoms with Gasteiger partial charge in [-0.2, -0.15) is 0 Å². The second-order valence-electron chi connectivity index (χ2n) is 16.2. The molecule has 5 aliphatic carbocycles. The molecule has 0 bridgehead atoms. The van der Waals surface area contributed by atoms with E-state index in [1.807, 2.05) is 0 Å². The van der Waals surface area contributed by atoms with Crippen molar-refractivity contribution in [3.63, 3.8) is 0 Å². The molecular weight excluding hydrogens is 512 g/mol. The quantitative estimate of drug-likeness (QED) is 0.331. The number of aliphatic hydroxyl groups is 5. The van der Waals surface area contributed by atoms with Gasteiger partial charge in [-0.3, -0.25) is 0 Å². The van der Waals surface area contributed by atoms with E-state index in [9.17, 15) is 25.5 Å². The first-order valence-corrected chi connectivity index (χ1v) is 16.0. The molecule has 2 heterocycles. The van der Waals surface area contributed by atoms with Crippen molar-refractivity contribution in [2.24, 2.45) is 50.7 Å². The molecular formula is C32H52O8. The molecule has 0 radical (unpaired) electrons. The minimum Gasteiger partial charge on any atom is -0.394 e. The maximum atomic E-state index is 12.1. The molecule has 228 valence electrons. The molecule has 5 saturated carbocycles. The lowest BCUT2D eigenvalue weighted by Gasteiger charge is -2.64. The molecule has 0 amide bonds. The summed E-state index contributed by atoms with van der Waals surface area (Å²) >= 11 is 0. The van der Waals surface area contributed by atoms with Crippen molar-refractivity contribution >= 4 is 0 Å². The van der Waals surface area contributed by atoms with Crippen LogP contribution in [0.4, 0.5) is 0 Å². The Labute approximate surface area is 238 Å². The smallest absolute Gasteiger partial charge is 0.186 e. The summed E-state index contributed by atoms with van der Waals surface area (Å²) in [6.45, 7) is 11.7. The largest absolute Gasteiger partial charge is 0.394 e. The zero-order valence-electron chi connectivity index (χ0n) is 25.0. The Morgan fingerprint density at radius 1 is 0.875 bits per heavy atom. The minimum absolute atomic E-state index is 0.0130. The monoisotopic (exact) mass is 564 g/mol. The highest BCUT2D eigenvalue weighted by atomic mass is 16.7. The van der Waals surface area contributed by atoms with Gasteiger partial charge in [0.05, 0.1) is 37.6 Å². The number of ether oxygens (including phenoxy) is 3. The first-order valence-electron chi connectivity index (χ1n) is 16.0. The van der Waals surface area contributed by atoms with Crippen molar-refractivity contribution < 1.29 is 39.7 Å². The van der Waals surface area contributed by atoms with Crippen molar-refractivity contribution in [3.8, 4) is 0 Å². The van der Waals surface area contributed by atoms with E-state index < -0.39 is 30.7 Å². The zero-order valence-corrected chi connectivity index (χ0v) is 25.0. The van der Waals surface area contributed by atoms with Crippen LogP contribution in [0.25, 0.3) is 0 Å². The summed E-state index contributed by atoms with van der Waals surface area (Å²) in [6, 6.07) is 0. The first kappa shape index (κ1) is 28.5. The third-order valence-corrected chi connectivity index (χ3v) is 14.8. The lowest BCUT2D eigenvalue weighted by molar-refractivity contribution is -0.303. The summed E-state index contributed by atoms with van der Waals surface area (Å²) in [4.78, 5) is 0. The standard InChI is InChI=1S/C32H52O8/c1-16-12-17(13-33)39-25-22(16)29(4)10-11-32-15-31(32)9-8-21(40-27-24(36)23(35)18(34)14-38-27)28(2,3)19(31)6-7-20(32)30(29,5)26(25)37/h16-27,33-37H,6-15H2,1-5H3/t16-,17?,18-,19+,20?,21+,22+,23+,24-,25?,26+,27?,29?,30-,31?,32?/m1/s1. The van der Waals surface area contributed by atoms with E-state index in [2.05, 4.69) is 34.6 Å². The van der Waals surface area contributed by atoms with Crippen LogP contribution in [0, 0.1) is 50.7 Å². The van der Waals surface area contributed by atoms with Crippen LogP contribution in [0.15, 0.2) is 0 Å². The second-order valence-corrected chi connectivity index (χ2v) is 16.2. The molecule has 2 spiro atoms. The van der Waals surface area contributed by atoms with Gasteiger partial charge in [0.25, 0.3) is 0 Å². The van der Waals surface area contributed by atoms with E-state index in [1.165, 1.54) is 12.8 Å². The van der Waals surface area contributed by atoms with Crippen LogP contribution in [0.1, 0.15) is 86.0 Å². The Morgan fingerprint density at radius 2 is 1.57 bits per heavy atom. The SMILES string of the molecule is C[C@@H]1CC(CO)OC2[C@H]1C1(C)CCC34CC35CC[C@H](OC3OC[C@@H](O)[C@H](O)[C@H]3O)C(C)(C)[C@@H]5CCC4[C@]1(C)[C@H]2O. The number of aliphatic hydroxyl groups excluding tert-OH is 5. The molecule has 8 heteroatoms. The van der Waals surface area contributed by atoms with E-state index in [-0.39, 0.29) is 58.6 Å². The fourth-order valence-corrected chi connectivity index (χ4v) is 12.8. The van der Waals surface area contributed by atoms with Crippen molar-refractivity contribution in [2.75, 3.05) is 13.2 Å². The average Bonchev–Trinajstić information content (AvgIpc) is 3.55. The number of hydrogen-bond acceptors (Lipinski definition) is 8. The van der Waals surface area contributed by atoms with Gasteiger partial charge in [-0.1, -0.05) is 34.6 Å². The molecule has 2 saturated heterocycles. The summed E-state index contributed by atoms with van der Waals surface area (Å²) in [7, 11) is 0. The molecule has 2 aliphatic heterocycles. The number of rotatable bonds is 3. The molecule has 0 aromatic heterocycles. The highest BCUT2D eigenvalue weighted by Gasteiger charge is 2.84. The van der Waals surface area contributed by atoms with E-state index in [0.29, 0.717) is 23.7 Å². The van der Waals surface area contributed by atoms with Gasteiger partial charge in [0, 0.05) is 5.41 Å². The zero-order chi connectivity index (χ0) is 28.6. The van der Waals surface area contributed by atoms with Crippen molar-refractivity contribution in [1.82, 2.24) is 0 Å². The third kappa shape index (κ3) is 3.26. The Hall–Kier alpha value is -0.320. The fourth-order valence-electron chi connectivity index (χ4n) is 12.8. The lowest BCUT2D eigenvalue weighted by atomic mass is 9.41. The highest BCUT2D eigenvalue weighted by molar-refractivity contribution is 5.32. The van der Waals surface area contributed by atoms with Crippen LogP contribution in [-0.2, 0) is 14.2 Å². The summed E-state index contributed by atoms with van der Waals surface area (Å²) in [6.07, 6.45) is 2.99. The molecule has 0 aromatic carbocycles. The lowest BCUT2D eigenvalue weighted by Crippen LogP contribution is -2.61. The molecule has 7 rings (SSSR count). The maximum Gasteiger partial charge on any atom is 0.186 e. The van der Waals surface area contributed by atoms with Crippen molar-refractivity contribution in [1.29, 1.82) is 0 Å². The molecule has 7 unspecified atom stereocenters. The van der Waals surface area contributed by atoms with E-state index in [1.54, 1.807) is 0 Å². The summed E-state index contributed by atoms with van der Waals surface area (Å²) in [5.74, 6) is 1.66. The number of hydrogen-bond donors (Lipinski definition) is 5. The topological polar surface area (TPSA) is 129 Å². The molecule has 16 atom stereocenters. The minimum atomic E-state index is -1.27. The Morgan fingerprint density at radius 3 is 2.30 bits per heavy atom. The van der Waals surface area contributed by atoms with Crippen LogP contribution in [0.2, 0.25) is 0 Å². The van der Waals surface area contributed by atoms with Gasteiger partial charge < -0.3 is 39.7 Å². The van der Waals surface area contributed by atoms with Crippen LogP contribution in [-0.4, -0.2) is 87.8 Å².